The number of carbonyl (C=O) groups excluding carboxylic acids is 2. The molecule has 24 heavy (non-hydrogen) atoms. The minimum atomic E-state index is -0.0203. The van der Waals surface area contributed by atoms with E-state index in [2.05, 4.69) is 22.6 Å². The van der Waals surface area contributed by atoms with Gasteiger partial charge in [0, 0.05) is 45.9 Å². The van der Waals surface area contributed by atoms with Crippen molar-refractivity contribution in [3.8, 4) is 0 Å². The normalized spacial score (nSPS) is 14.6. The molecule has 0 aliphatic carbocycles. The molecule has 1 heterocycles. The van der Waals surface area contributed by atoms with Gasteiger partial charge in [-0.15, -0.1) is 0 Å². The van der Waals surface area contributed by atoms with E-state index >= 15 is 0 Å². The third-order valence-electron chi connectivity index (χ3n) is 4.02. The number of nitrogens with zero attached hydrogens (tertiary/aromatic N) is 2. The van der Waals surface area contributed by atoms with Crippen LogP contribution in [0.3, 0.4) is 0 Å². The van der Waals surface area contributed by atoms with E-state index in [1.54, 1.807) is 34.1 Å². The molecule has 0 aromatic heterocycles. The molecule has 0 unspecified atom stereocenters. The molecular formula is C18H16ClIN2O2. The molecule has 2 aromatic rings. The first-order valence-corrected chi connectivity index (χ1v) is 9.10. The van der Waals surface area contributed by atoms with E-state index in [0.717, 1.165) is 3.57 Å². The van der Waals surface area contributed by atoms with E-state index in [0.29, 0.717) is 42.3 Å². The van der Waals surface area contributed by atoms with Crippen LogP contribution < -0.4 is 0 Å². The second kappa shape index (κ2) is 7.53. The van der Waals surface area contributed by atoms with Crippen LogP contribution in [0.1, 0.15) is 20.7 Å². The van der Waals surface area contributed by atoms with Crippen LogP contribution in [0.4, 0.5) is 0 Å². The Morgan fingerprint density at radius 2 is 1.38 bits per heavy atom. The number of amides is 2. The minimum Gasteiger partial charge on any atom is -0.335 e. The molecule has 3 rings (SSSR count). The van der Waals surface area contributed by atoms with Gasteiger partial charge < -0.3 is 9.80 Å². The van der Waals surface area contributed by atoms with Crippen LogP contribution >= 0.6 is 34.2 Å². The standard InChI is InChI=1S/C18H16ClIN2O2/c19-15-6-4-13(5-7-15)17(23)21-8-10-22(11-9-21)18(24)14-2-1-3-16(20)12-14/h1-7,12H,8-11H2. The summed E-state index contributed by atoms with van der Waals surface area (Å²) in [4.78, 5) is 28.6. The Kier molecular flexibility index (Phi) is 5.40. The molecule has 2 aromatic carbocycles. The quantitative estimate of drug-likeness (QED) is 0.651. The Morgan fingerprint density at radius 1 is 0.833 bits per heavy atom. The molecule has 0 atom stereocenters. The zero-order valence-electron chi connectivity index (χ0n) is 12.9. The highest BCUT2D eigenvalue weighted by molar-refractivity contribution is 14.1. The van der Waals surface area contributed by atoms with Crippen molar-refractivity contribution in [2.45, 2.75) is 0 Å². The van der Waals surface area contributed by atoms with Gasteiger partial charge in [-0.2, -0.15) is 0 Å². The highest BCUT2D eigenvalue weighted by Gasteiger charge is 2.25. The summed E-state index contributed by atoms with van der Waals surface area (Å²) < 4.78 is 1.04. The van der Waals surface area contributed by atoms with Crippen LogP contribution in [0.25, 0.3) is 0 Å². The monoisotopic (exact) mass is 454 g/mol. The molecule has 6 heteroatoms. The summed E-state index contributed by atoms with van der Waals surface area (Å²) in [7, 11) is 0. The number of rotatable bonds is 2. The maximum absolute atomic E-state index is 12.5. The first-order chi connectivity index (χ1) is 11.5. The van der Waals surface area contributed by atoms with Crippen LogP contribution in [-0.4, -0.2) is 47.8 Å². The lowest BCUT2D eigenvalue weighted by Crippen LogP contribution is -2.50. The van der Waals surface area contributed by atoms with E-state index in [1.165, 1.54) is 0 Å². The van der Waals surface area contributed by atoms with E-state index in [-0.39, 0.29) is 11.8 Å². The van der Waals surface area contributed by atoms with Gasteiger partial charge in [-0.1, -0.05) is 17.7 Å². The number of halogens is 2. The topological polar surface area (TPSA) is 40.6 Å². The maximum Gasteiger partial charge on any atom is 0.254 e. The third-order valence-corrected chi connectivity index (χ3v) is 4.94. The Morgan fingerprint density at radius 3 is 1.92 bits per heavy atom. The molecular weight excluding hydrogens is 439 g/mol. The van der Waals surface area contributed by atoms with E-state index in [4.69, 9.17) is 11.6 Å². The zero-order valence-corrected chi connectivity index (χ0v) is 15.8. The second-order valence-electron chi connectivity index (χ2n) is 5.60. The summed E-state index contributed by atoms with van der Waals surface area (Å²) in [5.41, 5.74) is 1.32. The molecule has 2 amide bonds. The Labute approximate surface area is 159 Å². The molecule has 1 fully saturated rings. The molecule has 0 N–H and O–H groups in total. The van der Waals surface area contributed by atoms with Gasteiger partial charge in [-0.25, -0.2) is 0 Å². The lowest BCUT2D eigenvalue weighted by molar-refractivity contribution is 0.0535. The summed E-state index contributed by atoms with van der Waals surface area (Å²) in [5, 5.41) is 0.611. The van der Waals surface area contributed by atoms with Gasteiger partial charge in [0.05, 0.1) is 0 Å². The molecule has 0 bridgehead atoms. The predicted octanol–water partition coefficient (Wildman–Crippen LogP) is 3.54. The number of benzene rings is 2. The Hall–Kier alpha value is -1.60. The van der Waals surface area contributed by atoms with Crippen LogP contribution in [0.15, 0.2) is 48.5 Å². The largest absolute Gasteiger partial charge is 0.335 e. The number of piperazine rings is 1. The fraction of sp³-hybridized carbons (Fsp3) is 0.222. The number of hydrogen-bond donors (Lipinski definition) is 0. The fourth-order valence-electron chi connectivity index (χ4n) is 2.69. The minimum absolute atomic E-state index is 0.0203. The van der Waals surface area contributed by atoms with Gasteiger partial charge in [0.1, 0.15) is 0 Å². The summed E-state index contributed by atoms with van der Waals surface area (Å²) in [5.74, 6) is 0.000123. The van der Waals surface area contributed by atoms with E-state index < -0.39 is 0 Å². The molecule has 1 aliphatic rings. The van der Waals surface area contributed by atoms with Gasteiger partial charge >= 0.3 is 0 Å². The lowest BCUT2D eigenvalue weighted by atomic mass is 10.1. The highest BCUT2D eigenvalue weighted by Crippen LogP contribution is 2.15. The molecule has 1 aliphatic heterocycles. The molecule has 124 valence electrons. The van der Waals surface area contributed by atoms with Crippen molar-refractivity contribution in [1.29, 1.82) is 0 Å². The van der Waals surface area contributed by atoms with Crippen molar-refractivity contribution < 1.29 is 9.59 Å². The first kappa shape index (κ1) is 17.2. The molecule has 0 spiro atoms. The van der Waals surface area contributed by atoms with Crippen molar-refractivity contribution in [3.63, 3.8) is 0 Å². The zero-order chi connectivity index (χ0) is 17.1. The molecule has 0 saturated carbocycles. The van der Waals surface area contributed by atoms with Gasteiger partial charge in [-0.3, -0.25) is 9.59 Å². The van der Waals surface area contributed by atoms with Gasteiger partial charge in [0.25, 0.3) is 11.8 Å². The average molecular weight is 455 g/mol. The number of hydrogen-bond acceptors (Lipinski definition) is 2. The third kappa shape index (κ3) is 3.89. The highest BCUT2D eigenvalue weighted by atomic mass is 127. The summed E-state index contributed by atoms with van der Waals surface area (Å²) >= 11 is 8.05. The van der Waals surface area contributed by atoms with Crippen LogP contribution in [0, 0.1) is 3.57 Å². The molecule has 0 radical (unpaired) electrons. The van der Waals surface area contributed by atoms with Crippen molar-refractivity contribution in [2.75, 3.05) is 26.2 Å². The SMILES string of the molecule is O=C(c1ccc(Cl)cc1)N1CCN(C(=O)c2cccc(I)c2)CC1. The van der Waals surface area contributed by atoms with Crippen molar-refractivity contribution in [3.05, 3.63) is 68.3 Å². The van der Waals surface area contributed by atoms with Gasteiger partial charge in [0.2, 0.25) is 0 Å². The lowest BCUT2D eigenvalue weighted by Gasteiger charge is -2.35. The van der Waals surface area contributed by atoms with Gasteiger partial charge in [-0.05, 0) is 65.1 Å². The fourth-order valence-corrected chi connectivity index (χ4v) is 3.36. The van der Waals surface area contributed by atoms with Crippen LogP contribution in [-0.2, 0) is 0 Å². The van der Waals surface area contributed by atoms with Crippen LogP contribution in [0.2, 0.25) is 5.02 Å². The summed E-state index contributed by atoms with van der Waals surface area (Å²) in [6, 6.07) is 14.4. The Bertz CT molecular complexity index is 756. The van der Waals surface area contributed by atoms with Crippen molar-refractivity contribution in [1.82, 2.24) is 9.80 Å². The number of carbonyl (C=O) groups is 2. The van der Waals surface area contributed by atoms with E-state index in [9.17, 15) is 9.59 Å². The average Bonchev–Trinajstić information content (AvgIpc) is 2.61. The van der Waals surface area contributed by atoms with Crippen molar-refractivity contribution in [2.24, 2.45) is 0 Å². The second-order valence-corrected chi connectivity index (χ2v) is 7.28. The summed E-state index contributed by atoms with van der Waals surface area (Å²) in [6.45, 7) is 2.17. The smallest absolute Gasteiger partial charge is 0.254 e. The van der Waals surface area contributed by atoms with Crippen molar-refractivity contribution >= 4 is 46.0 Å². The Balaban J connectivity index is 1.62. The van der Waals surface area contributed by atoms with Crippen LogP contribution in [0.5, 0.6) is 0 Å². The molecule has 4 nitrogen and oxygen atoms in total. The first-order valence-electron chi connectivity index (χ1n) is 7.64. The molecule has 1 saturated heterocycles. The summed E-state index contributed by atoms with van der Waals surface area (Å²) in [6.07, 6.45) is 0. The van der Waals surface area contributed by atoms with Gasteiger partial charge in [0.15, 0.2) is 0 Å². The van der Waals surface area contributed by atoms with E-state index in [1.807, 2.05) is 24.3 Å². The maximum atomic E-state index is 12.5. The predicted molar refractivity (Wildman–Crippen MR) is 102 cm³/mol.